The first kappa shape index (κ1) is 15.0. The van der Waals surface area contributed by atoms with Gasteiger partial charge in [0, 0.05) is 24.9 Å². The predicted molar refractivity (Wildman–Crippen MR) is 82.7 cm³/mol. The molecule has 0 bridgehead atoms. The van der Waals surface area contributed by atoms with Crippen molar-refractivity contribution in [2.75, 3.05) is 0 Å². The molecule has 0 aliphatic heterocycles. The van der Waals surface area contributed by atoms with Crippen LogP contribution < -0.4 is 0 Å². The van der Waals surface area contributed by atoms with Gasteiger partial charge >= 0.3 is 0 Å². The molecule has 0 saturated heterocycles. The van der Waals surface area contributed by atoms with Crippen LogP contribution in [0.4, 0.5) is 4.39 Å². The third kappa shape index (κ3) is 2.84. The first-order valence-corrected chi connectivity index (χ1v) is 7.28. The first-order valence-electron chi connectivity index (χ1n) is 7.28. The molecule has 4 aromatic rings. The van der Waals surface area contributed by atoms with Gasteiger partial charge in [-0.05, 0) is 6.07 Å². The van der Waals surface area contributed by atoms with E-state index in [1.807, 2.05) is 13.2 Å². The Hall–Kier alpha value is -3.56. The van der Waals surface area contributed by atoms with Crippen molar-refractivity contribution >= 4 is 0 Å². The SMILES string of the molecule is Cn1cc(Cn2nc(-c3ncc(F)c(O)n3)cc2-c2ccon2)cn1. The van der Waals surface area contributed by atoms with Crippen molar-refractivity contribution in [1.82, 2.24) is 34.7 Å². The Bertz CT molecular complexity index is 1020. The molecular weight excluding hydrogens is 329 g/mol. The second-order valence-electron chi connectivity index (χ2n) is 5.34. The lowest BCUT2D eigenvalue weighted by molar-refractivity contribution is 0.409. The zero-order valence-electron chi connectivity index (χ0n) is 13.0. The predicted octanol–water partition coefficient (Wildman–Crippen LogP) is 1.62. The summed E-state index contributed by atoms with van der Waals surface area (Å²) in [6.45, 7) is 0.434. The fraction of sp³-hybridized carbons (Fsp3) is 0.133. The molecular formula is C15H12FN7O2. The van der Waals surface area contributed by atoms with E-state index in [4.69, 9.17) is 4.52 Å². The van der Waals surface area contributed by atoms with E-state index < -0.39 is 11.7 Å². The lowest BCUT2D eigenvalue weighted by atomic mass is 10.2. The van der Waals surface area contributed by atoms with E-state index in [1.165, 1.54) is 6.26 Å². The van der Waals surface area contributed by atoms with Crippen molar-refractivity contribution in [1.29, 1.82) is 0 Å². The zero-order valence-corrected chi connectivity index (χ0v) is 13.0. The number of aromatic nitrogens is 7. The van der Waals surface area contributed by atoms with Gasteiger partial charge in [-0.3, -0.25) is 9.36 Å². The lowest BCUT2D eigenvalue weighted by Crippen LogP contribution is -2.04. The summed E-state index contributed by atoms with van der Waals surface area (Å²) in [7, 11) is 1.83. The van der Waals surface area contributed by atoms with Gasteiger partial charge in [-0.25, -0.2) is 4.98 Å². The summed E-state index contributed by atoms with van der Waals surface area (Å²) in [5.41, 5.74) is 2.55. The quantitative estimate of drug-likeness (QED) is 0.601. The van der Waals surface area contributed by atoms with Gasteiger partial charge in [-0.15, -0.1) is 0 Å². The van der Waals surface area contributed by atoms with Crippen LogP contribution in [-0.4, -0.2) is 39.8 Å². The molecule has 4 rings (SSSR count). The number of aryl methyl sites for hydroxylation is 1. The van der Waals surface area contributed by atoms with Gasteiger partial charge < -0.3 is 9.63 Å². The molecule has 9 nitrogen and oxygen atoms in total. The molecule has 0 aliphatic carbocycles. The summed E-state index contributed by atoms with van der Waals surface area (Å²) in [5.74, 6) is -1.52. The van der Waals surface area contributed by atoms with E-state index in [-0.39, 0.29) is 5.82 Å². The van der Waals surface area contributed by atoms with Crippen molar-refractivity contribution in [3.8, 4) is 28.8 Å². The summed E-state index contributed by atoms with van der Waals surface area (Å²) in [6.07, 6.45) is 5.95. The topological polar surface area (TPSA) is 108 Å². The molecule has 0 aromatic carbocycles. The Labute approximate surface area is 140 Å². The number of aromatic hydroxyl groups is 1. The molecule has 10 heteroatoms. The molecule has 0 atom stereocenters. The molecule has 0 spiro atoms. The smallest absolute Gasteiger partial charge is 0.251 e. The second kappa shape index (κ2) is 5.82. The van der Waals surface area contributed by atoms with Crippen LogP contribution in [0.25, 0.3) is 22.9 Å². The van der Waals surface area contributed by atoms with Crippen molar-refractivity contribution in [2.24, 2.45) is 7.05 Å². The minimum atomic E-state index is -0.893. The number of hydrogen-bond acceptors (Lipinski definition) is 7. The third-order valence-electron chi connectivity index (χ3n) is 3.53. The molecule has 0 radical (unpaired) electrons. The van der Waals surface area contributed by atoms with Crippen molar-refractivity contribution in [3.63, 3.8) is 0 Å². The highest BCUT2D eigenvalue weighted by molar-refractivity contribution is 5.62. The third-order valence-corrected chi connectivity index (χ3v) is 3.53. The van der Waals surface area contributed by atoms with E-state index in [2.05, 4.69) is 25.3 Å². The Morgan fingerprint density at radius 3 is 2.84 bits per heavy atom. The van der Waals surface area contributed by atoms with E-state index >= 15 is 0 Å². The minimum absolute atomic E-state index is 0.105. The average molecular weight is 341 g/mol. The zero-order chi connectivity index (χ0) is 17.4. The monoisotopic (exact) mass is 341 g/mol. The fourth-order valence-corrected chi connectivity index (χ4v) is 2.41. The highest BCUT2D eigenvalue weighted by atomic mass is 19.1. The van der Waals surface area contributed by atoms with Crippen LogP contribution in [0.3, 0.4) is 0 Å². The summed E-state index contributed by atoms with van der Waals surface area (Å²) in [6, 6.07) is 3.39. The van der Waals surface area contributed by atoms with E-state index in [9.17, 15) is 9.50 Å². The fourth-order valence-electron chi connectivity index (χ4n) is 2.41. The maximum Gasteiger partial charge on any atom is 0.251 e. The molecule has 0 saturated carbocycles. The second-order valence-corrected chi connectivity index (χ2v) is 5.34. The van der Waals surface area contributed by atoms with Gasteiger partial charge in [0.1, 0.15) is 17.7 Å². The minimum Gasteiger partial charge on any atom is -0.491 e. The average Bonchev–Trinajstić information content (AvgIpc) is 3.31. The molecule has 126 valence electrons. The molecule has 4 heterocycles. The normalized spacial score (nSPS) is 11.1. The highest BCUT2D eigenvalue weighted by Gasteiger charge is 2.17. The Kier molecular flexibility index (Phi) is 3.49. The van der Waals surface area contributed by atoms with Gasteiger partial charge in [0.05, 0.1) is 24.6 Å². The van der Waals surface area contributed by atoms with E-state index in [0.717, 1.165) is 11.8 Å². The largest absolute Gasteiger partial charge is 0.491 e. The molecule has 25 heavy (non-hydrogen) atoms. The number of nitrogens with zero attached hydrogens (tertiary/aromatic N) is 7. The Balaban J connectivity index is 1.78. The number of hydrogen-bond donors (Lipinski definition) is 1. The van der Waals surface area contributed by atoms with Crippen LogP contribution in [0.1, 0.15) is 5.56 Å². The Morgan fingerprint density at radius 1 is 1.28 bits per heavy atom. The number of halogens is 1. The lowest BCUT2D eigenvalue weighted by Gasteiger charge is -2.03. The van der Waals surface area contributed by atoms with Crippen LogP contribution in [-0.2, 0) is 13.6 Å². The van der Waals surface area contributed by atoms with Gasteiger partial charge in [0.2, 0.25) is 5.82 Å². The molecule has 0 aliphatic rings. The van der Waals surface area contributed by atoms with Crippen LogP contribution in [0.15, 0.2) is 41.5 Å². The summed E-state index contributed by atoms with van der Waals surface area (Å²) >= 11 is 0. The van der Waals surface area contributed by atoms with Gasteiger partial charge in [0.25, 0.3) is 5.88 Å². The Morgan fingerprint density at radius 2 is 2.16 bits per heavy atom. The first-order chi connectivity index (χ1) is 12.1. The summed E-state index contributed by atoms with van der Waals surface area (Å²) < 4.78 is 21.5. The molecule has 0 unspecified atom stereocenters. The van der Waals surface area contributed by atoms with E-state index in [0.29, 0.717) is 23.6 Å². The van der Waals surface area contributed by atoms with Crippen LogP contribution >= 0.6 is 0 Å². The molecule has 0 fully saturated rings. The van der Waals surface area contributed by atoms with Gasteiger partial charge in [0.15, 0.2) is 5.82 Å². The molecule has 4 aromatic heterocycles. The maximum atomic E-state index is 13.2. The maximum absolute atomic E-state index is 13.2. The summed E-state index contributed by atoms with van der Waals surface area (Å²) in [4.78, 5) is 7.60. The van der Waals surface area contributed by atoms with Crippen LogP contribution in [0.2, 0.25) is 0 Å². The molecule has 1 N–H and O–H groups in total. The van der Waals surface area contributed by atoms with Crippen molar-refractivity contribution < 1.29 is 14.0 Å². The van der Waals surface area contributed by atoms with Crippen LogP contribution in [0.5, 0.6) is 5.88 Å². The van der Waals surface area contributed by atoms with E-state index in [1.54, 1.807) is 27.7 Å². The summed E-state index contributed by atoms with van der Waals surface area (Å²) in [5, 5.41) is 22.0. The van der Waals surface area contributed by atoms with Crippen molar-refractivity contribution in [2.45, 2.75) is 6.54 Å². The van der Waals surface area contributed by atoms with Crippen molar-refractivity contribution in [3.05, 3.63) is 48.4 Å². The number of rotatable bonds is 4. The van der Waals surface area contributed by atoms with Gasteiger partial charge in [-0.1, -0.05) is 5.16 Å². The standard InChI is InChI=1S/C15H12FN7O2/c1-22-7-9(5-18-22)8-23-13(11-2-3-25-21-11)4-12(20-23)14-17-6-10(16)15(24)19-14/h2-7H,8H2,1H3,(H,17,19,24). The van der Waals surface area contributed by atoms with Crippen LogP contribution in [0, 0.1) is 5.82 Å². The highest BCUT2D eigenvalue weighted by Crippen LogP contribution is 2.25. The molecule has 0 amide bonds. The van der Waals surface area contributed by atoms with Gasteiger partial charge in [-0.2, -0.15) is 19.6 Å².